The Hall–Kier alpha value is -0.780. The van der Waals surface area contributed by atoms with Gasteiger partial charge in [-0.25, -0.2) is 0 Å². The number of hydrogen-bond acceptors (Lipinski definition) is 2. The van der Waals surface area contributed by atoms with Crippen LogP contribution in [0.5, 0.6) is 0 Å². The maximum absolute atomic E-state index is 12.2. The minimum absolute atomic E-state index is 0.00340. The van der Waals surface area contributed by atoms with Crippen molar-refractivity contribution in [3.8, 4) is 0 Å². The Labute approximate surface area is 117 Å². The summed E-state index contributed by atoms with van der Waals surface area (Å²) in [6.07, 6.45) is 0.133. The van der Waals surface area contributed by atoms with Crippen LogP contribution >= 0.6 is 0 Å². The average Bonchev–Trinajstić information content (AvgIpc) is 2.97. The van der Waals surface area contributed by atoms with Crippen molar-refractivity contribution < 1.29 is 18.0 Å². The van der Waals surface area contributed by atoms with E-state index in [0.717, 1.165) is 25.7 Å². The molecule has 0 radical (unpaired) electrons. The molecular formula is C14H23F3N2O. The van der Waals surface area contributed by atoms with Crippen LogP contribution < -0.4 is 5.32 Å². The Bertz CT molecular complexity index is 340. The van der Waals surface area contributed by atoms with E-state index in [4.69, 9.17) is 0 Å². The van der Waals surface area contributed by atoms with Crippen molar-refractivity contribution in [2.75, 3.05) is 6.54 Å². The van der Waals surface area contributed by atoms with Crippen molar-refractivity contribution in [3.63, 3.8) is 0 Å². The summed E-state index contributed by atoms with van der Waals surface area (Å²) in [7, 11) is 0. The lowest BCUT2D eigenvalue weighted by atomic mass is 10.0. The number of hydrogen-bond donors (Lipinski definition) is 1. The molecule has 1 saturated carbocycles. The molecule has 1 aliphatic heterocycles. The predicted molar refractivity (Wildman–Crippen MR) is 70.0 cm³/mol. The summed E-state index contributed by atoms with van der Waals surface area (Å²) >= 11 is 0. The van der Waals surface area contributed by atoms with Gasteiger partial charge in [0.2, 0.25) is 5.91 Å². The molecule has 6 heteroatoms. The van der Waals surface area contributed by atoms with Crippen LogP contribution in [-0.4, -0.2) is 35.7 Å². The number of carbonyl (C=O) groups is 1. The molecule has 0 aromatic carbocycles. The second-order valence-electron chi connectivity index (χ2n) is 5.87. The van der Waals surface area contributed by atoms with Crippen molar-refractivity contribution >= 4 is 5.91 Å². The van der Waals surface area contributed by atoms with Gasteiger partial charge in [0.05, 0.1) is 12.2 Å². The third kappa shape index (κ3) is 3.65. The van der Waals surface area contributed by atoms with Crippen LogP contribution in [0.1, 0.15) is 51.9 Å². The van der Waals surface area contributed by atoms with Gasteiger partial charge in [-0.15, -0.1) is 0 Å². The highest BCUT2D eigenvalue weighted by molar-refractivity contribution is 5.84. The summed E-state index contributed by atoms with van der Waals surface area (Å²) in [5.41, 5.74) is 0. The van der Waals surface area contributed by atoms with Gasteiger partial charge in [-0.1, -0.05) is 19.8 Å². The number of amides is 1. The number of rotatable bonds is 5. The van der Waals surface area contributed by atoms with Crippen LogP contribution in [0.4, 0.5) is 13.2 Å². The van der Waals surface area contributed by atoms with Crippen molar-refractivity contribution in [3.05, 3.63) is 0 Å². The lowest BCUT2D eigenvalue weighted by molar-refractivity contribution is -0.140. The first kappa shape index (κ1) is 15.6. The summed E-state index contributed by atoms with van der Waals surface area (Å²) < 4.78 is 36.7. The molecular weight excluding hydrogens is 269 g/mol. The Morgan fingerprint density at radius 3 is 2.50 bits per heavy atom. The molecule has 0 bridgehead atoms. The number of halogens is 3. The molecule has 1 N–H and O–H groups in total. The maximum Gasteiger partial charge on any atom is 0.389 e. The molecule has 20 heavy (non-hydrogen) atoms. The van der Waals surface area contributed by atoms with E-state index in [-0.39, 0.29) is 31.1 Å². The SMILES string of the molecule is CCC1NC(C2CCCC2)N(CCCC(F)(F)F)C1=O. The van der Waals surface area contributed by atoms with E-state index in [0.29, 0.717) is 12.3 Å². The van der Waals surface area contributed by atoms with Gasteiger partial charge in [0.15, 0.2) is 0 Å². The number of nitrogens with one attached hydrogen (secondary N) is 1. The molecule has 2 unspecified atom stereocenters. The standard InChI is InChI=1S/C14H23F3N2O/c1-2-11-13(20)19(9-5-8-14(15,16)17)12(18-11)10-6-3-4-7-10/h10-12,18H,2-9H2,1H3. The van der Waals surface area contributed by atoms with E-state index < -0.39 is 12.6 Å². The molecule has 2 aliphatic rings. The van der Waals surface area contributed by atoms with Crippen molar-refractivity contribution in [1.82, 2.24) is 10.2 Å². The van der Waals surface area contributed by atoms with Crippen molar-refractivity contribution in [1.29, 1.82) is 0 Å². The molecule has 2 atom stereocenters. The molecule has 0 spiro atoms. The van der Waals surface area contributed by atoms with E-state index in [1.54, 1.807) is 4.90 Å². The van der Waals surface area contributed by atoms with Crippen LogP contribution in [0.3, 0.4) is 0 Å². The van der Waals surface area contributed by atoms with E-state index in [2.05, 4.69) is 5.32 Å². The van der Waals surface area contributed by atoms with Gasteiger partial charge in [-0.2, -0.15) is 13.2 Å². The molecule has 2 fully saturated rings. The quantitative estimate of drug-likeness (QED) is 0.844. The molecule has 1 amide bonds. The zero-order valence-electron chi connectivity index (χ0n) is 11.9. The highest BCUT2D eigenvalue weighted by Gasteiger charge is 2.42. The second-order valence-corrected chi connectivity index (χ2v) is 5.87. The molecule has 1 aliphatic carbocycles. The number of alkyl halides is 3. The first-order valence-electron chi connectivity index (χ1n) is 7.55. The molecule has 3 nitrogen and oxygen atoms in total. The number of carbonyl (C=O) groups excluding carboxylic acids is 1. The van der Waals surface area contributed by atoms with Crippen LogP contribution in [0, 0.1) is 5.92 Å². The first-order chi connectivity index (χ1) is 9.42. The Kier molecular flexibility index (Phi) is 4.94. The lowest BCUT2D eigenvalue weighted by Gasteiger charge is -2.29. The van der Waals surface area contributed by atoms with Crippen molar-refractivity contribution in [2.24, 2.45) is 5.92 Å². The van der Waals surface area contributed by atoms with Crippen LogP contribution in [0.25, 0.3) is 0 Å². The highest BCUT2D eigenvalue weighted by Crippen LogP contribution is 2.33. The highest BCUT2D eigenvalue weighted by atomic mass is 19.4. The Balaban J connectivity index is 1.95. The van der Waals surface area contributed by atoms with Gasteiger partial charge in [0, 0.05) is 13.0 Å². The summed E-state index contributed by atoms with van der Waals surface area (Å²) in [5, 5.41) is 3.33. The van der Waals surface area contributed by atoms with Crippen LogP contribution in [0.2, 0.25) is 0 Å². The van der Waals surface area contributed by atoms with E-state index in [1.165, 1.54) is 0 Å². The van der Waals surface area contributed by atoms with E-state index in [1.807, 2.05) is 6.92 Å². The van der Waals surface area contributed by atoms with Gasteiger partial charge >= 0.3 is 6.18 Å². The maximum atomic E-state index is 12.2. The van der Waals surface area contributed by atoms with Crippen LogP contribution in [0.15, 0.2) is 0 Å². The Morgan fingerprint density at radius 2 is 1.95 bits per heavy atom. The minimum atomic E-state index is -4.14. The fraction of sp³-hybridized carbons (Fsp3) is 0.929. The zero-order chi connectivity index (χ0) is 14.8. The minimum Gasteiger partial charge on any atom is -0.326 e. The van der Waals surface area contributed by atoms with Crippen molar-refractivity contribution in [2.45, 2.75) is 70.3 Å². The molecule has 0 aromatic heterocycles. The summed E-state index contributed by atoms with van der Waals surface area (Å²) in [6.45, 7) is 2.14. The van der Waals surface area contributed by atoms with E-state index >= 15 is 0 Å². The van der Waals surface area contributed by atoms with Gasteiger partial charge in [0.25, 0.3) is 0 Å². The van der Waals surface area contributed by atoms with Gasteiger partial charge in [-0.05, 0) is 31.6 Å². The van der Waals surface area contributed by atoms with Gasteiger partial charge in [0.1, 0.15) is 0 Å². The number of nitrogens with zero attached hydrogens (tertiary/aromatic N) is 1. The summed E-state index contributed by atoms with van der Waals surface area (Å²) in [5.74, 6) is 0.382. The molecule has 1 heterocycles. The Morgan fingerprint density at radius 1 is 1.30 bits per heavy atom. The molecule has 1 saturated heterocycles. The monoisotopic (exact) mass is 292 g/mol. The molecule has 2 rings (SSSR count). The topological polar surface area (TPSA) is 32.3 Å². The van der Waals surface area contributed by atoms with Crippen LogP contribution in [-0.2, 0) is 4.79 Å². The smallest absolute Gasteiger partial charge is 0.326 e. The average molecular weight is 292 g/mol. The molecule has 0 aromatic rings. The lowest BCUT2D eigenvalue weighted by Crippen LogP contribution is -2.43. The third-order valence-corrected chi connectivity index (χ3v) is 4.40. The summed E-state index contributed by atoms with van der Waals surface area (Å²) in [4.78, 5) is 13.9. The second kappa shape index (κ2) is 6.33. The summed E-state index contributed by atoms with van der Waals surface area (Å²) in [6, 6.07) is -0.216. The normalized spacial score (nSPS) is 28.6. The predicted octanol–water partition coefficient (Wildman–Crippen LogP) is 3.06. The zero-order valence-corrected chi connectivity index (χ0v) is 11.9. The largest absolute Gasteiger partial charge is 0.389 e. The van der Waals surface area contributed by atoms with E-state index in [9.17, 15) is 18.0 Å². The third-order valence-electron chi connectivity index (χ3n) is 4.40. The first-order valence-corrected chi connectivity index (χ1v) is 7.55. The van der Waals surface area contributed by atoms with Gasteiger partial charge < -0.3 is 4.90 Å². The fourth-order valence-electron chi connectivity index (χ4n) is 3.36. The fourth-order valence-corrected chi connectivity index (χ4v) is 3.36. The molecule has 116 valence electrons. The van der Waals surface area contributed by atoms with Gasteiger partial charge in [-0.3, -0.25) is 10.1 Å².